The predicted octanol–water partition coefficient (Wildman–Crippen LogP) is 3.38. The number of benzene rings is 1. The molecule has 5 nitrogen and oxygen atoms in total. The first-order valence-electron chi connectivity index (χ1n) is 6.24. The van der Waals surface area contributed by atoms with E-state index in [1.807, 2.05) is 17.8 Å². The molecular weight excluding hydrogens is 274 g/mol. The van der Waals surface area contributed by atoms with Crippen LogP contribution in [0.1, 0.15) is 11.3 Å². The van der Waals surface area contributed by atoms with Crippen molar-refractivity contribution in [2.75, 3.05) is 5.32 Å². The van der Waals surface area contributed by atoms with Gasteiger partial charge >= 0.3 is 0 Å². The van der Waals surface area contributed by atoms with Crippen molar-refractivity contribution in [2.24, 2.45) is 7.05 Å². The third-order valence-electron chi connectivity index (χ3n) is 3.36. The highest BCUT2D eigenvalue weighted by molar-refractivity contribution is 6.28. The number of aryl methyl sites for hydroxylation is 3. The largest absolute Gasteiger partial charge is 0.340 e. The average Bonchev–Trinajstić information content (AvgIpc) is 2.66. The molecule has 0 aliphatic rings. The fraction of sp³-hybridized carbons (Fsp3) is 0.214. The van der Waals surface area contributed by atoms with Crippen LogP contribution in [-0.2, 0) is 7.05 Å². The molecule has 0 spiro atoms. The van der Waals surface area contributed by atoms with Crippen LogP contribution in [0.2, 0.25) is 5.28 Å². The van der Waals surface area contributed by atoms with Gasteiger partial charge in [0.05, 0.1) is 5.52 Å². The normalized spacial score (nSPS) is 11.0. The fourth-order valence-electron chi connectivity index (χ4n) is 2.16. The summed E-state index contributed by atoms with van der Waals surface area (Å²) < 4.78 is 1.88. The fourth-order valence-corrected chi connectivity index (χ4v) is 2.30. The molecule has 0 aliphatic carbocycles. The molecular formula is C14H14ClN5. The van der Waals surface area contributed by atoms with Gasteiger partial charge in [-0.05, 0) is 49.2 Å². The molecule has 0 radical (unpaired) electrons. The van der Waals surface area contributed by atoms with Gasteiger partial charge in [0.25, 0.3) is 0 Å². The summed E-state index contributed by atoms with van der Waals surface area (Å²) in [5.74, 6) is 0.667. The molecule has 0 atom stereocenters. The second-order valence-corrected chi connectivity index (χ2v) is 5.07. The highest BCUT2D eigenvalue weighted by Gasteiger charge is 2.09. The molecule has 3 aromatic rings. The second kappa shape index (κ2) is 4.76. The van der Waals surface area contributed by atoms with E-state index in [-0.39, 0.29) is 5.28 Å². The molecule has 3 rings (SSSR count). The molecule has 0 unspecified atom stereocenters. The van der Waals surface area contributed by atoms with Gasteiger partial charge in [0, 0.05) is 30.0 Å². The SMILES string of the molecule is Cc1cc2c(C)n(C)nc2cc1Nc1ccnc(Cl)n1. The lowest BCUT2D eigenvalue weighted by Gasteiger charge is -2.08. The molecule has 2 aromatic heterocycles. The monoisotopic (exact) mass is 287 g/mol. The maximum atomic E-state index is 5.79. The molecule has 2 heterocycles. The number of nitrogens with one attached hydrogen (secondary N) is 1. The molecule has 0 saturated heterocycles. The average molecular weight is 288 g/mol. The van der Waals surface area contributed by atoms with E-state index in [0.717, 1.165) is 27.8 Å². The summed E-state index contributed by atoms with van der Waals surface area (Å²) in [6.45, 7) is 4.11. The summed E-state index contributed by atoms with van der Waals surface area (Å²) in [5, 5.41) is 9.13. The van der Waals surface area contributed by atoms with E-state index in [1.165, 1.54) is 0 Å². The van der Waals surface area contributed by atoms with Gasteiger partial charge < -0.3 is 5.32 Å². The Morgan fingerprint density at radius 1 is 1.25 bits per heavy atom. The molecule has 0 saturated carbocycles. The van der Waals surface area contributed by atoms with E-state index in [0.29, 0.717) is 5.82 Å². The van der Waals surface area contributed by atoms with Gasteiger partial charge in [0.15, 0.2) is 0 Å². The van der Waals surface area contributed by atoms with Crippen LogP contribution in [0.4, 0.5) is 11.5 Å². The zero-order valence-electron chi connectivity index (χ0n) is 11.5. The minimum Gasteiger partial charge on any atom is -0.340 e. The molecule has 1 aromatic carbocycles. The Hall–Kier alpha value is -2.14. The van der Waals surface area contributed by atoms with Gasteiger partial charge in [0.1, 0.15) is 5.82 Å². The number of rotatable bonds is 2. The van der Waals surface area contributed by atoms with Crippen molar-refractivity contribution in [1.29, 1.82) is 0 Å². The first-order valence-corrected chi connectivity index (χ1v) is 6.62. The van der Waals surface area contributed by atoms with Crippen LogP contribution in [0.15, 0.2) is 24.4 Å². The van der Waals surface area contributed by atoms with Gasteiger partial charge in [0.2, 0.25) is 5.28 Å². The summed E-state index contributed by atoms with van der Waals surface area (Å²) in [5.41, 5.74) is 4.20. The van der Waals surface area contributed by atoms with Gasteiger partial charge in [-0.3, -0.25) is 4.68 Å². The van der Waals surface area contributed by atoms with Crippen molar-refractivity contribution >= 4 is 34.0 Å². The Labute approximate surface area is 121 Å². The van der Waals surface area contributed by atoms with E-state index in [1.54, 1.807) is 12.3 Å². The number of anilines is 2. The lowest BCUT2D eigenvalue weighted by atomic mass is 10.1. The zero-order chi connectivity index (χ0) is 14.3. The van der Waals surface area contributed by atoms with Gasteiger partial charge in [-0.15, -0.1) is 0 Å². The lowest BCUT2D eigenvalue weighted by Crippen LogP contribution is -1.96. The van der Waals surface area contributed by atoms with Crippen molar-refractivity contribution in [3.63, 3.8) is 0 Å². The molecule has 1 N–H and O–H groups in total. The van der Waals surface area contributed by atoms with Crippen molar-refractivity contribution in [3.8, 4) is 0 Å². The molecule has 0 fully saturated rings. The zero-order valence-corrected chi connectivity index (χ0v) is 12.2. The van der Waals surface area contributed by atoms with Crippen LogP contribution < -0.4 is 5.32 Å². The summed E-state index contributed by atoms with van der Waals surface area (Å²) in [6, 6.07) is 5.93. The van der Waals surface area contributed by atoms with E-state index < -0.39 is 0 Å². The lowest BCUT2D eigenvalue weighted by molar-refractivity contribution is 0.751. The third-order valence-corrected chi connectivity index (χ3v) is 3.55. The Kier molecular flexibility index (Phi) is 3.06. The van der Waals surface area contributed by atoms with Gasteiger partial charge in [-0.2, -0.15) is 5.10 Å². The molecule has 6 heteroatoms. The smallest absolute Gasteiger partial charge is 0.224 e. The Balaban J connectivity index is 2.05. The van der Waals surface area contributed by atoms with Gasteiger partial charge in [-0.1, -0.05) is 0 Å². The van der Waals surface area contributed by atoms with Crippen molar-refractivity contribution < 1.29 is 0 Å². The topological polar surface area (TPSA) is 55.6 Å². The number of hydrogen-bond donors (Lipinski definition) is 1. The number of aromatic nitrogens is 4. The number of fused-ring (bicyclic) bond motifs is 1. The number of halogens is 1. The first-order chi connectivity index (χ1) is 9.54. The van der Waals surface area contributed by atoms with Crippen molar-refractivity contribution in [2.45, 2.75) is 13.8 Å². The molecule has 20 heavy (non-hydrogen) atoms. The van der Waals surface area contributed by atoms with Crippen molar-refractivity contribution in [1.82, 2.24) is 19.7 Å². The summed E-state index contributed by atoms with van der Waals surface area (Å²) >= 11 is 5.79. The van der Waals surface area contributed by atoms with E-state index in [4.69, 9.17) is 11.6 Å². The highest BCUT2D eigenvalue weighted by atomic mass is 35.5. The highest BCUT2D eigenvalue weighted by Crippen LogP contribution is 2.27. The Bertz CT molecular complexity index is 794. The third kappa shape index (κ3) is 2.20. The maximum absolute atomic E-state index is 5.79. The minimum absolute atomic E-state index is 0.224. The molecule has 102 valence electrons. The Morgan fingerprint density at radius 3 is 2.80 bits per heavy atom. The summed E-state index contributed by atoms with van der Waals surface area (Å²) in [7, 11) is 1.95. The molecule has 0 amide bonds. The molecule has 0 aliphatic heterocycles. The van der Waals surface area contributed by atoms with Crippen LogP contribution >= 0.6 is 11.6 Å². The van der Waals surface area contributed by atoms with E-state index in [9.17, 15) is 0 Å². The second-order valence-electron chi connectivity index (χ2n) is 4.73. The number of hydrogen-bond acceptors (Lipinski definition) is 4. The van der Waals surface area contributed by atoms with Crippen LogP contribution in [0, 0.1) is 13.8 Å². The van der Waals surface area contributed by atoms with Crippen LogP contribution in [-0.4, -0.2) is 19.7 Å². The maximum Gasteiger partial charge on any atom is 0.224 e. The van der Waals surface area contributed by atoms with E-state index >= 15 is 0 Å². The van der Waals surface area contributed by atoms with Crippen molar-refractivity contribution in [3.05, 3.63) is 40.9 Å². The molecule has 0 bridgehead atoms. The van der Waals surface area contributed by atoms with Gasteiger partial charge in [-0.25, -0.2) is 9.97 Å². The minimum atomic E-state index is 0.224. The van der Waals surface area contributed by atoms with E-state index in [2.05, 4.69) is 40.3 Å². The standard InChI is InChI=1S/C14H14ClN5/c1-8-6-10-9(2)20(3)19-12(10)7-11(8)17-13-4-5-16-14(15)18-13/h4-7H,1-3H3,(H,16,17,18). The Morgan fingerprint density at radius 2 is 2.05 bits per heavy atom. The van der Waals surface area contributed by atoms with Crippen LogP contribution in [0.5, 0.6) is 0 Å². The summed E-state index contributed by atoms with van der Waals surface area (Å²) in [6.07, 6.45) is 1.62. The predicted molar refractivity (Wildman–Crippen MR) is 80.5 cm³/mol. The first kappa shape index (κ1) is 12.9. The number of nitrogens with zero attached hydrogens (tertiary/aromatic N) is 4. The summed E-state index contributed by atoms with van der Waals surface area (Å²) in [4.78, 5) is 8.00. The van der Waals surface area contributed by atoms with Crippen LogP contribution in [0.25, 0.3) is 10.9 Å². The quantitative estimate of drug-likeness (QED) is 0.734. The van der Waals surface area contributed by atoms with Crippen LogP contribution in [0.3, 0.4) is 0 Å².